The van der Waals surface area contributed by atoms with Gasteiger partial charge in [0.1, 0.15) is 6.54 Å². The van der Waals surface area contributed by atoms with Gasteiger partial charge in [0.05, 0.1) is 6.07 Å². The minimum atomic E-state index is -0.264. The minimum Gasteiger partial charge on any atom is -0.338 e. The van der Waals surface area contributed by atoms with Crippen molar-refractivity contribution in [3.8, 4) is 6.07 Å². The van der Waals surface area contributed by atoms with Crippen LogP contribution >= 0.6 is 0 Å². The van der Waals surface area contributed by atoms with Gasteiger partial charge in [0.15, 0.2) is 0 Å². The zero-order chi connectivity index (χ0) is 8.53. The smallest absolute Gasteiger partial charge is 0.315 e. The summed E-state index contributed by atoms with van der Waals surface area (Å²) < 4.78 is 0. The Morgan fingerprint density at radius 3 is 2.82 bits per heavy atom. The van der Waals surface area contributed by atoms with Crippen LogP contribution in [0.5, 0.6) is 0 Å². The average Bonchev–Trinajstić information content (AvgIpc) is 2.01. The third-order valence-corrected chi connectivity index (χ3v) is 1.14. The number of carbonyl (C=O) groups is 1. The SMILES string of the molecule is CCCCNC(=O)NCC#N. The van der Waals surface area contributed by atoms with Crippen LogP contribution in [-0.2, 0) is 0 Å². The molecule has 11 heavy (non-hydrogen) atoms. The molecule has 0 aromatic heterocycles. The molecule has 2 amide bonds. The number of amides is 2. The van der Waals surface area contributed by atoms with E-state index < -0.39 is 0 Å². The Morgan fingerprint density at radius 2 is 2.27 bits per heavy atom. The first-order chi connectivity index (χ1) is 5.31. The largest absolute Gasteiger partial charge is 0.338 e. The Morgan fingerprint density at radius 1 is 1.55 bits per heavy atom. The molecule has 0 fully saturated rings. The number of rotatable bonds is 4. The molecular formula is C7H13N3O. The monoisotopic (exact) mass is 155 g/mol. The van der Waals surface area contributed by atoms with Gasteiger partial charge in [0.25, 0.3) is 0 Å². The van der Waals surface area contributed by atoms with E-state index in [1.54, 1.807) is 0 Å². The highest BCUT2D eigenvalue weighted by Gasteiger charge is 1.94. The highest BCUT2D eigenvalue weighted by molar-refractivity contribution is 5.73. The molecule has 0 spiro atoms. The second kappa shape index (κ2) is 6.87. The van der Waals surface area contributed by atoms with E-state index in [2.05, 4.69) is 17.6 Å². The van der Waals surface area contributed by atoms with Crippen molar-refractivity contribution in [3.05, 3.63) is 0 Å². The number of nitrogens with zero attached hydrogens (tertiary/aromatic N) is 1. The van der Waals surface area contributed by atoms with Gasteiger partial charge in [0.2, 0.25) is 0 Å². The molecule has 0 saturated carbocycles. The Balaban J connectivity index is 3.17. The number of nitrogens with one attached hydrogen (secondary N) is 2. The summed E-state index contributed by atoms with van der Waals surface area (Å²) in [4.78, 5) is 10.7. The molecule has 0 atom stereocenters. The predicted octanol–water partition coefficient (Wildman–Crippen LogP) is 0.609. The Kier molecular flexibility index (Phi) is 6.10. The summed E-state index contributed by atoms with van der Waals surface area (Å²) in [6.45, 7) is 2.79. The fraction of sp³-hybridized carbons (Fsp3) is 0.714. The molecule has 0 unspecified atom stereocenters. The number of urea groups is 1. The van der Waals surface area contributed by atoms with Gasteiger partial charge in [-0.15, -0.1) is 0 Å². The number of hydrogen-bond donors (Lipinski definition) is 2. The Bertz CT molecular complexity index is 150. The van der Waals surface area contributed by atoms with E-state index in [-0.39, 0.29) is 12.6 Å². The molecule has 0 aliphatic rings. The van der Waals surface area contributed by atoms with Gasteiger partial charge in [-0.3, -0.25) is 0 Å². The van der Waals surface area contributed by atoms with Crippen molar-refractivity contribution in [2.75, 3.05) is 13.1 Å². The second-order valence-corrected chi connectivity index (χ2v) is 2.12. The van der Waals surface area contributed by atoms with Crippen molar-refractivity contribution < 1.29 is 4.79 Å². The third-order valence-electron chi connectivity index (χ3n) is 1.14. The van der Waals surface area contributed by atoms with Crippen LogP contribution in [0.25, 0.3) is 0 Å². The van der Waals surface area contributed by atoms with E-state index in [4.69, 9.17) is 5.26 Å². The quantitative estimate of drug-likeness (QED) is 0.461. The molecule has 0 radical (unpaired) electrons. The molecule has 2 N–H and O–H groups in total. The molecule has 0 saturated heterocycles. The van der Waals surface area contributed by atoms with Gasteiger partial charge in [-0.05, 0) is 6.42 Å². The molecular weight excluding hydrogens is 142 g/mol. The van der Waals surface area contributed by atoms with Crippen LogP contribution in [0.3, 0.4) is 0 Å². The van der Waals surface area contributed by atoms with Crippen molar-refractivity contribution in [3.63, 3.8) is 0 Å². The maximum Gasteiger partial charge on any atom is 0.315 e. The van der Waals surface area contributed by atoms with Crippen molar-refractivity contribution in [1.29, 1.82) is 5.26 Å². The summed E-state index contributed by atoms with van der Waals surface area (Å²) in [5.74, 6) is 0. The van der Waals surface area contributed by atoms with Gasteiger partial charge >= 0.3 is 6.03 Å². The van der Waals surface area contributed by atoms with Crippen LogP contribution in [0.1, 0.15) is 19.8 Å². The maximum atomic E-state index is 10.7. The van der Waals surface area contributed by atoms with Gasteiger partial charge in [-0.1, -0.05) is 13.3 Å². The summed E-state index contributed by atoms with van der Waals surface area (Å²) in [5, 5.41) is 13.1. The highest BCUT2D eigenvalue weighted by Crippen LogP contribution is 1.81. The maximum absolute atomic E-state index is 10.7. The first-order valence-corrected chi connectivity index (χ1v) is 3.70. The zero-order valence-corrected chi connectivity index (χ0v) is 6.68. The summed E-state index contributed by atoms with van der Waals surface area (Å²) in [5.41, 5.74) is 0. The van der Waals surface area contributed by atoms with Crippen molar-refractivity contribution >= 4 is 6.03 Å². The van der Waals surface area contributed by atoms with E-state index in [9.17, 15) is 4.79 Å². The van der Waals surface area contributed by atoms with E-state index in [0.29, 0.717) is 6.54 Å². The molecule has 0 aromatic carbocycles. The summed E-state index contributed by atoms with van der Waals surface area (Å²) in [6, 6.07) is 1.55. The molecule has 4 nitrogen and oxygen atoms in total. The lowest BCUT2D eigenvalue weighted by molar-refractivity contribution is 0.242. The van der Waals surface area contributed by atoms with Crippen LogP contribution in [0.2, 0.25) is 0 Å². The van der Waals surface area contributed by atoms with Gasteiger partial charge in [-0.2, -0.15) is 5.26 Å². The average molecular weight is 155 g/mol. The fourth-order valence-corrected chi connectivity index (χ4v) is 0.561. The molecule has 0 aromatic rings. The highest BCUT2D eigenvalue weighted by atomic mass is 16.2. The van der Waals surface area contributed by atoms with Crippen LogP contribution in [0.4, 0.5) is 4.79 Å². The van der Waals surface area contributed by atoms with Crippen LogP contribution in [0.15, 0.2) is 0 Å². The first-order valence-electron chi connectivity index (χ1n) is 3.70. The van der Waals surface area contributed by atoms with Crippen molar-refractivity contribution in [2.24, 2.45) is 0 Å². The minimum absolute atomic E-state index is 0.0674. The Hall–Kier alpha value is -1.24. The lowest BCUT2D eigenvalue weighted by Crippen LogP contribution is -2.36. The normalized spacial score (nSPS) is 8.36. The van der Waals surface area contributed by atoms with E-state index in [1.807, 2.05) is 6.07 Å². The summed E-state index contributed by atoms with van der Waals surface area (Å²) >= 11 is 0. The Labute approximate surface area is 66.6 Å². The molecule has 0 heterocycles. The number of carbonyl (C=O) groups excluding carboxylic acids is 1. The lowest BCUT2D eigenvalue weighted by Gasteiger charge is -2.02. The van der Waals surface area contributed by atoms with Crippen molar-refractivity contribution in [1.82, 2.24) is 10.6 Å². The molecule has 0 aliphatic heterocycles. The standard InChI is InChI=1S/C7H13N3O/c1-2-3-5-9-7(11)10-6-4-8/h2-3,5-6H2,1H3,(H2,9,10,11). The summed E-state index contributed by atoms with van der Waals surface area (Å²) in [6.07, 6.45) is 2.03. The molecule has 0 aliphatic carbocycles. The first kappa shape index (κ1) is 9.76. The lowest BCUT2D eigenvalue weighted by atomic mass is 10.3. The van der Waals surface area contributed by atoms with Gasteiger partial charge < -0.3 is 10.6 Å². The molecule has 4 heteroatoms. The van der Waals surface area contributed by atoms with Gasteiger partial charge in [-0.25, -0.2) is 4.79 Å². The predicted molar refractivity (Wildman–Crippen MR) is 41.9 cm³/mol. The van der Waals surface area contributed by atoms with Crippen molar-refractivity contribution in [2.45, 2.75) is 19.8 Å². The topological polar surface area (TPSA) is 64.9 Å². The van der Waals surface area contributed by atoms with E-state index in [0.717, 1.165) is 12.8 Å². The number of nitriles is 1. The molecule has 0 rings (SSSR count). The van der Waals surface area contributed by atoms with Crippen LogP contribution < -0.4 is 10.6 Å². The van der Waals surface area contributed by atoms with Gasteiger partial charge in [0, 0.05) is 6.54 Å². The van der Waals surface area contributed by atoms with E-state index in [1.165, 1.54) is 0 Å². The second-order valence-electron chi connectivity index (χ2n) is 2.12. The molecule has 62 valence electrons. The van der Waals surface area contributed by atoms with Crippen LogP contribution in [-0.4, -0.2) is 19.1 Å². The number of unbranched alkanes of at least 4 members (excludes halogenated alkanes) is 1. The molecule has 0 bridgehead atoms. The fourth-order valence-electron chi connectivity index (χ4n) is 0.561. The third kappa shape index (κ3) is 6.65. The zero-order valence-electron chi connectivity index (χ0n) is 6.68. The number of hydrogen-bond acceptors (Lipinski definition) is 2. The van der Waals surface area contributed by atoms with E-state index >= 15 is 0 Å². The summed E-state index contributed by atoms with van der Waals surface area (Å²) in [7, 11) is 0. The van der Waals surface area contributed by atoms with Crippen LogP contribution in [0, 0.1) is 11.3 Å².